The van der Waals surface area contributed by atoms with Crippen LogP contribution in [0.3, 0.4) is 0 Å². The number of thioether (sulfide) groups is 1. The molecule has 2 aromatic rings. The zero-order valence-electron chi connectivity index (χ0n) is 20.2. The van der Waals surface area contributed by atoms with Gasteiger partial charge in [0.15, 0.2) is 0 Å². The fraction of sp³-hybridized carbons (Fsp3) is 0.444. The van der Waals surface area contributed by atoms with Gasteiger partial charge in [0.05, 0.1) is 12.8 Å². The Morgan fingerprint density at radius 1 is 1.11 bits per heavy atom. The Bertz CT molecular complexity index is 1040. The van der Waals surface area contributed by atoms with Gasteiger partial charge in [-0.2, -0.15) is 16.9 Å². The van der Waals surface area contributed by atoms with Crippen LogP contribution < -0.4 is 5.32 Å². The van der Waals surface area contributed by atoms with Gasteiger partial charge in [-0.3, -0.25) is 14.6 Å². The van der Waals surface area contributed by atoms with Crippen molar-refractivity contribution in [2.45, 2.75) is 25.7 Å². The lowest BCUT2D eigenvalue weighted by molar-refractivity contribution is -0.146. The fourth-order valence-electron chi connectivity index (χ4n) is 4.36. The number of esters is 1. The van der Waals surface area contributed by atoms with Gasteiger partial charge in [-0.1, -0.05) is 18.2 Å². The maximum atomic E-state index is 12.8. The number of amides is 1. The van der Waals surface area contributed by atoms with Crippen LogP contribution in [0, 0.1) is 5.92 Å². The molecule has 1 unspecified atom stereocenters. The maximum absolute atomic E-state index is 12.8. The zero-order chi connectivity index (χ0) is 24.5. The van der Waals surface area contributed by atoms with Gasteiger partial charge in [0, 0.05) is 49.4 Å². The first-order valence-corrected chi connectivity index (χ1v) is 13.3. The third-order valence-electron chi connectivity index (χ3n) is 6.33. The Morgan fingerprint density at radius 3 is 2.69 bits per heavy atom. The SMILES string of the molecule is COCCOC(=O)CC1CCc2cc(NC(=O)c3ccc(C=NN4CCSCC4)cc3)ccc2C1. The van der Waals surface area contributed by atoms with E-state index in [1.165, 1.54) is 11.1 Å². The van der Waals surface area contributed by atoms with E-state index in [9.17, 15) is 9.59 Å². The van der Waals surface area contributed by atoms with Crippen molar-refractivity contribution in [2.75, 3.05) is 50.2 Å². The molecule has 1 heterocycles. The minimum absolute atomic E-state index is 0.131. The van der Waals surface area contributed by atoms with E-state index in [0.717, 1.165) is 55.1 Å². The van der Waals surface area contributed by atoms with E-state index in [1.807, 2.05) is 48.3 Å². The second kappa shape index (κ2) is 12.7. The van der Waals surface area contributed by atoms with Gasteiger partial charge in [-0.15, -0.1) is 0 Å². The van der Waals surface area contributed by atoms with Gasteiger partial charge in [0.25, 0.3) is 5.91 Å². The number of ether oxygens (including phenoxy) is 2. The first kappa shape index (κ1) is 25.3. The molecule has 0 radical (unpaired) electrons. The lowest BCUT2D eigenvalue weighted by atomic mass is 9.82. The van der Waals surface area contributed by atoms with Gasteiger partial charge in [-0.05, 0) is 66.1 Å². The standard InChI is InChI=1S/C27H33N3O4S/c1-33-12-13-34-26(31)17-21-4-7-24-18-25(9-8-23(24)16-21)29-27(32)22-5-2-20(3-6-22)19-28-30-10-14-35-15-11-30/h2-3,5-6,8-9,18-19,21H,4,7,10-17H2,1H3,(H,29,32). The number of benzene rings is 2. The molecule has 1 fully saturated rings. The lowest BCUT2D eigenvalue weighted by Crippen LogP contribution is -2.27. The number of methoxy groups -OCH3 is 1. The summed E-state index contributed by atoms with van der Waals surface area (Å²) >= 11 is 1.96. The first-order chi connectivity index (χ1) is 17.1. The topological polar surface area (TPSA) is 80.2 Å². The second-order valence-electron chi connectivity index (χ2n) is 8.90. The largest absolute Gasteiger partial charge is 0.463 e. The Kier molecular flexibility index (Phi) is 9.20. The van der Waals surface area contributed by atoms with Gasteiger partial charge < -0.3 is 14.8 Å². The quantitative estimate of drug-likeness (QED) is 0.322. The molecule has 1 saturated heterocycles. The van der Waals surface area contributed by atoms with Crippen molar-refractivity contribution in [2.24, 2.45) is 11.0 Å². The van der Waals surface area contributed by atoms with Crippen LogP contribution in [0.4, 0.5) is 5.69 Å². The van der Waals surface area contributed by atoms with Crippen molar-refractivity contribution < 1.29 is 19.1 Å². The van der Waals surface area contributed by atoms with Crippen LogP contribution >= 0.6 is 11.8 Å². The number of hydrogen-bond acceptors (Lipinski definition) is 7. The number of carbonyl (C=O) groups excluding carboxylic acids is 2. The molecule has 1 N–H and O–H groups in total. The molecule has 0 aromatic heterocycles. The molecule has 1 atom stereocenters. The van der Waals surface area contributed by atoms with Crippen molar-refractivity contribution >= 4 is 35.5 Å². The summed E-state index contributed by atoms with van der Waals surface area (Å²) in [4.78, 5) is 24.8. The second-order valence-corrected chi connectivity index (χ2v) is 10.1. The normalized spacial score (nSPS) is 17.7. The average molecular weight is 496 g/mol. The molecule has 0 bridgehead atoms. The summed E-state index contributed by atoms with van der Waals surface area (Å²) in [5, 5.41) is 9.64. The van der Waals surface area contributed by atoms with Gasteiger partial charge >= 0.3 is 5.97 Å². The van der Waals surface area contributed by atoms with Crippen molar-refractivity contribution in [3.8, 4) is 0 Å². The van der Waals surface area contributed by atoms with Crippen molar-refractivity contribution in [1.82, 2.24) is 5.01 Å². The molecular weight excluding hydrogens is 462 g/mol. The molecule has 8 heteroatoms. The molecule has 0 spiro atoms. The highest BCUT2D eigenvalue weighted by atomic mass is 32.2. The summed E-state index contributed by atoms with van der Waals surface area (Å²) in [5.74, 6) is 2.22. The predicted molar refractivity (Wildman–Crippen MR) is 140 cm³/mol. The van der Waals surface area contributed by atoms with Crippen LogP contribution in [0.2, 0.25) is 0 Å². The molecule has 1 aliphatic carbocycles. The third-order valence-corrected chi connectivity index (χ3v) is 7.27. The van der Waals surface area contributed by atoms with Crippen LogP contribution in [0.15, 0.2) is 47.6 Å². The molecule has 1 amide bonds. The van der Waals surface area contributed by atoms with Crippen molar-refractivity contribution in [3.63, 3.8) is 0 Å². The third kappa shape index (κ3) is 7.57. The molecule has 2 aromatic carbocycles. The Morgan fingerprint density at radius 2 is 1.91 bits per heavy atom. The molecule has 2 aliphatic rings. The molecule has 0 saturated carbocycles. The smallest absolute Gasteiger partial charge is 0.306 e. The van der Waals surface area contributed by atoms with Crippen LogP contribution in [0.1, 0.15) is 39.9 Å². The number of hydrogen-bond donors (Lipinski definition) is 1. The molecule has 35 heavy (non-hydrogen) atoms. The summed E-state index contributed by atoms with van der Waals surface area (Å²) in [6, 6.07) is 13.6. The van der Waals surface area contributed by atoms with Crippen LogP contribution in [-0.4, -0.2) is 68.0 Å². The molecule has 7 nitrogen and oxygen atoms in total. The first-order valence-electron chi connectivity index (χ1n) is 12.1. The fourth-order valence-corrected chi connectivity index (χ4v) is 5.24. The summed E-state index contributed by atoms with van der Waals surface area (Å²) in [6.07, 6.45) is 4.96. The summed E-state index contributed by atoms with van der Waals surface area (Å²) in [7, 11) is 1.59. The van der Waals surface area contributed by atoms with Crippen LogP contribution in [-0.2, 0) is 27.1 Å². The van der Waals surface area contributed by atoms with E-state index in [0.29, 0.717) is 25.2 Å². The maximum Gasteiger partial charge on any atom is 0.306 e. The van der Waals surface area contributed by atoms with Crippen molar-refractivity contribution in [1.29, 1.82) is 0 Å². The molecule has 186 valence electrons. The summed E-state index contributed by atoms with van der Waals surface area (Å²) < 4.78 is 10.1. The Balaban J connectivity index is 1.28. The van der Waals surface area contributed by atoms with E-state index in [2.05, 4.69) is 27.6 Å². The number of aryl methyl sites for hydroxylation is 1. The number of nitrogens with zero attached hydrogens (tertiary/aromatic N) is 2. The van der Waals surface area contributed by atoms with Crippen LogP contribution in [0.5, 0.6) is 0 Å². The van der Waals surface area contributed by atoms with Gasteiger partial charge in [0.2, 0.25) is 0 Å². The van der Waals surface area contributed by atoms with Gasteiger partial charge in [-0.25, -0.2) is 0 Å². The van der Waals surface area contributed by atoms with E-state index in [-0.39, 0.29) is 17.8 Å². The molecular formula is C27H33N3O4S. The highest BCUT2D eigenvalue weighted by molar-refractivity contribution is 7.99. The van der Waals surface area contributed by atoms with Crippen molar-refractivity contribution in [3.05, 3.63) is 64.7 Å². The molecule has 4 rings (SSSR count). The number of fused-ring (bicyclic) bond motifs is 1. The monoisotopic (exact) mass is 495 g/mol. The number of carbonyl (C=O) groups is 2. The minimum atomic E-state index is -0.165. The molecule has 1 aliphatic heterocycles. The Hall–Kier alpha value is -2.84. The highest BCUT2D eigenvalue weighted by Gasteiger charge is 2.22. The summed E-state index contributed by atoms with van der Waals surface area (Å²) in [5.41, 5.74) is 4.85. The van der Waals surface area contributed by atoms with E-state index in [1.54, 1.807) is 7.11 Å². The number of nitrogens with one attached hydrogen (secondary N) is 1. The lowest BCUT2D eigenvalue weighted by Gasteiger charge is -2.24. The highest BCUT2D eigenvalue weighted by Crippen LogP contribution is 2.30. The Labute approximate surface area is 211 Å². The zero-order valence-corrected chi connectivity index (χ0v) is 21.0. The number of rotatable bonds is 9. The minimum Gasteiger partial charge on any atom is -0.463 e. The van der Waals surface area contributed by atoms with Crippen LogP contribution in [0.25, 0.3) is 0 Å². The van der Waals surface area contributed by atoms with E-state index >= 15 is 0 Å². The number of anilines is 1. The van der Waals surface area contributed by atoms with Gasteiger partial charge in [0.1, 0.15) is 6.61 Å². The van der Waals surface area contributed by atoms with E-state index in [4.69, 9.17) is 9.47 Å². The van der Waals surface area contributed by atoms with E-state index < -0.39 is 0 Å². The average Bonchev–Trinajstić information content (AvgIpc) is 2.88. The number of hydrazone groups is 1. The predicted octanol–water partition coefficient (Wildman–Crippen LogP) is 4.01. The summed E-state index contributed by atoms with van der Waals surface area (Å²) in [6.45, 7) is 2.68.